The molecule has 2 nitrogen and oxygen atoms in total. The van der Waals surface area contributed by atoms with E-state index in [0.717, 1.165) is 17.7 Å². The zero-order valence-electron chi connectivity index (χ0n) is 17.3. The first-order valence-electron chi connectivity index (χ1n) is 10.6. The maximum atomic E-state index is 9.22. The highest BCUT2D eigenvalue weighted by molar-refractivity contribution is 6.05. The third-order valence-corrected chi connectivity index (χ3v) is 5.70. The van der Waals surface area contributed by atoms with E-state index >= 15 is 0 Å². The predicted molar refractivity (Wildman–Crippen MR) is 129 cm³/mol. The van der Waals surface area contributed by atoms with E-state index in [9.17, 15) is 5.11 Å². The minimum Gasteiger partial charge on any atom is -0.491 e. The van der Waals surface area contributed by atoms with Crippen molar-refractivity contribution in [3.63, 3.8) is 0 Å². The Bertz CT molecular complexity index is 1340. The molecule has 0 saturated carbocycles. The van der Waals surface area contributed by atoms with E-state index in [1.807, 2.05) is 12.1 Å². The van der Waals surface area contributed by atoms with Gasteiger partial charge in [0.15, 0.2) is 0 Å². The fourth-order valence-electron chi connectivity index (χ4n) is 4.22. The summed E-state index contributed by atoms with van der Waals surface area (Å²) in [7, 11) is 0. The summed E-state index contributed by atoms with van der Waals surface area (Å²) in [5.74, 6) is 0.826. The lowest BCUT2D eigenvalue weighted by atomic mass is 9.93. The third kappa shape index (κ3) is 4.03. The first-order chi connectivity index (χ1) is 15.3. The topological polar surface area (TPSA) is 29.5 Å². The Hall–Kier alpha value is -3.62. The molecule has 1 N–H and O–H groups in total. The monoisotopic (exact) mass is 404 g/mol. The highest BCUT2D eigenvalue weighted by Gasteiger charge is 2.11. The van der Waals surface area contributed by atoms with Crippen LogP contribution in [-0.4, -0.2) is 18.3 Å². The van der Waals surface area contributed by atoms with Crippen molar-refractivity contribution in [1.29, 1.82) is 0 Å². The van der Waals surface area contributed by atoms with E-state index < -0.39 is 0 Å². The van der Waals surface area contributed by atoms with Gasteiger partial charge in [-0.15, -0.1) is 0 Å². The first-order valence-corrected chi connectivity index (χ1v) is 10.6. The van der Waals surface area contributed by atoms with Crippen molar-refractivity contribution in [1.82, 2.24) is 0 Å². The average Bonchev–Trinajstić information content (AvgIpc) is 2.82. The van der Waals surface area contributed by atoms with Crippen molar-refractivity contribution < 1.29 is 9.84 Å². The predicted octanol–water partition coefficient (Wildman–Crippen LogP) is 6.62. The van der Waals surface area contributed by atoms with Crippen LogP contribution in [0, 0.1) is 0 Å². The maximum absolute atomic E-state index is 9.22. The fraction of sp³-hybridized carbons (Fsp3) is 0.103. The normalized spacial score (nSPS) is 11.1. The fourth-order valence-corrected chi connectivity index (χ4v) is 4.22. The van der Waals surface area contributed by atoms with E-state index in [1.165, 1.54) is 38.2 Å². The lowest BCUT2D eigenvalue weighted by Crippen LogP contribution is -2.04. The van der Waals surface area contributed by atoms with Gasteiger partial charge < -0.3 is 9.84 Å². The number of hydrogen-bond donors (Lipinski definition) is 1. The summed E-state index contributed by atoms with van der Waals surface area (Å²) in [6.07, 6.45) is 0.781. The van der Waals surface area contributed by atoms with Crippen LogP contribution in [0.1, 0.15) is 11.1 Å². The van der Waals surface area contributed by atoms with E-state index in [-0.39, 0.29) is 6.61 Å². The maximum Gasteiger partial charge on any atom is 0.122 e. The first kappa shape index (κ1) is 19.3. The van der Waals surface area contributed by atoms with Crippen LogP contribution in [0.4, 0.5) is 0 Å². The lowest BCUT2D eigenvalue weighted by Gasteiger charge is -2.15. The Morgan fingerprint density at radius 2 is 1.39 bits per heavy atom. The molecule has 0 aliphatic rings. The second-order valence-electron chi connectivity index (χ2n) is 7.78. The molecule has 5 aromatic carbocycles. The highest BCUT2D eigenvalue weighted by Crippen LogP contribution is 2.34. The van der Waals surface area contributed by atoms with Crippen LogP contribution < -0.4 is 4.74 Å². The van der Waals surface area contributed by atoms with Gasteiger partial charge in [-0.3, -0.25) is 0 Å². The number of rotatable bonds is 6. The van der Waals surface area contributed by atoms with Gasteiger partial charge in [-0.05, 0) is 68.1 Å². The van der Waals surface area contributed by atoms with Gasteiger partial charge in [0.2, 0.25) is 0 Å². The number of aliphatic hydroxyl groups is 1. The number of aliphatic hydroxyl groups excluding tert-OH is 1. The van der Waals surface area contributed by atoms with Crippen LogP contribution in [0.15, 0.2) is 103 Å². The zero-order chi connectivity index (χ0) is 21.0. The van der Waals surface area contributed by atoms with E-state index in [0.29, 0.717) is 6.61 Å². The van der Waals surface area contributed by atoms with Crippen molar-refractivity contribution in [2.24, 2.45) is 0 Å². The molecule has 31 heavy (non-hydrogen) atoms. The van der Waals surface area contributed by atoms with Gasteiger partial charge in [0.1, 0.15) is 12.4 Å². The molecule has 0 atom stereocenters. The molecule has 0 aliphatic heterocycles. The van der Waals surface area contributed by atoms with E-state index in [4.69, 9.17) is 4.74 Å². The van der Waals surface area contributed by atoms with Crippen molar-refractivity contribution in [3.8, 4) is 16.9 Å². The molecule has 0 fully saturated rings. The molecule has 0 saturated heterocycles. The van der Waals surface area contributed by atoms with Crippen LogP contribution in [0.3, 0.4) is 0 Å². The molecule has 0 bridgehead atoms. The molecule has 0 spiro atoms. The summed E-state index contributed by atoms with van der Waals surface area (Å²) in [5.41, 5.74) is 4.74. The van der Waals surface area contributed by atoms with Crippen LogP contribution in [0.5, 0.6) is 5.75 Å². The minimum atomic E-state index is 0.00290. The molecule has 5 aromatic rings. The molecular formula is C29H24O2. The summed E-state index contributed by atoms with van der Waals surface area (Å²) in [4.78, 5) is 0. The molecule has 2 heteroatoms. The van der Waals surface area contributed by atoms with Crippen LogP contribution in [0.25, 0.3) is 32.7 Å². The summed E-state index contributed by atoms with van der Waals surface area (Å²) in [5, 5.41) is 14.2. The van der Waals surface area contributed by atoms with Crippen LogP contribution in [0.2, 0.25) is 0 Å². The number of hydrogen-bond acceptors (Lipinski definition) is 2. The van der Waals surface area contributed by atoms with Gasteiger partial charge in [-0.1, -0.05) is 78.9 Å². The molecule has 0 radical (unpaired) electrons. The lowest BCUT2D eigenvalue weighted by molar-refractivity contribution is 0.200. The summed E-state index contributed by atoms with van der Waals surface area (Å²) >= 11 is 0. The van der Waals surface area contributed by atoms with Crippen molar-refractivity contribution in [3.05, 3.63) is 114 Å². The second kappa shape index (κ2) is 8.63. The van der Waals surface area contributed by atoms with Crippen molar-refractivity contribution in [2.45, 2.75) is 6.42 Å². The highest BCUT2D eigenvalue weighted by atomic mass is 16.5. The Morgan fingerprint density at radius 1 is 0.645 bits per heavy atom. The molecular weight excluding hydrogens is 380 g/mol. The summed E-state index contributed by atoms with van der Waals surface area (Å²) < 4.78 is 5.84. The van der Waals surface area contributed by atoms with Crippen molar-refractivity contribution in [2.75, 3.05) is 13.2 Å². The average molecular weight is 405 g/mol. The molecule has 5 rings (SSSR count). The summed E-state index contributed by atoms with van der Waals surface area (Å²) in [6, 6.07) is 36.3. The Labute approximate surface area is 182 Å². The molecule has 0 unspecified atom stereocenters. The quantitative estimate of drug-likeness (QED) is 0.322. The molecule has 0 aromatic heterocycles. The standard InChI is InChI=1S/C29H24O2/c30-15-16-31-29-14-13-25(19-26(29)17-21-7-2-1-3-8-21)27-12-6-11-24-18-22-9-4-5-10-23(22)20-28(24)27/h1-14,18-20,30H,15-17H2. The van der Waals surface area contributed by atoms with Gasteiger partial charge in [0.05, 0.1) is 6.61 Å². The van der Waals surface area contributed by atoms with Gasteiger partial charge in [0.25, 0.3) is 0 Å². The second-order valence-corrected chi connectivity index (χ2v) is 7.78. The zero-order valence-corrected chi connectivity index (χ0v) is 17.3. The van der Waals surface area contributed by atoms with Gasteiger partial charge in [-0.25, -0.2) is 0 Å². The Morgan fingerprint density at radius 3 is 2.19 bits per heavy atom. The van der Waals surface area contributed by atoms with Gasteiger partial charge in [0, 0.05) is 6.42 Å². The van der Waals surface area contributed by atoms with Crippen LogP contribution in [-0.2, 0) is 6.42 Å². The molecule has 152 valence electrons. The van der Waals surface area contributed by atoms with E-state index in [2.05, 4.69) is 91.0 Å². The smallest absolute Gasteiger partial charge is 0.122 e. The largest absolute Gasteiger partial charge is 0.491 e. The van der Waals surface area contributed by atoms with Gasteiger partial charge in [-0.2, -0.15) is 0 Å². The molecule has 0 heterocycles. The number of ether oxygens (including phenoxy) is 1. The third-order valence-electron chi connectivity index (χ3n) is 5.70. The van der Waals surface area contributed by atoms with Crippen molar-refractivity contribution >= 4 is 21.5 Å². The number of fused-ring (bicyclic) bond motifs is 2. The molecule has 0 amide bonds. The molecule has 0 aliphatic carbocycles. The van der Waals surface area contributed by atoms with Crippen LogP contribution >= 0.6 is 0 Å². The minimum absolute atomic E-state index is 0.00290. The Balaban J connectivity index is 1.63. The number of benzene rings is 5. The van der Waals surface area contributed by atoms with E-state index in [1.54, 1.807) is 0 Å². The SMILES string of the molecule is OCCOc1ccc(-c2cccc3cc4ccccc4cc23)cc1Cc1ccccc1. The summed E-state index contributed by atoms with van der Waals surface area (Å²) in [6.45, 7) is 0.296. The Kier molecular flexibility index (Phi) is 5.39. The van der Waals surface area contributed by atoms with Gasteiger partial charge >= 0.3 is 0 Å².